The van der Waals surface area contributed by atoms with Gasteiger partial charge < -0.3 is 10.5 Å². The Balaban J connectivity index is 1.98. The van der Waals surface area contributed by atoms with Crippen LogP contribution in [-0.2, 0) is 0 Å². The highest BCUT2D eigenvalue weighted by Gasteiger charge is 2.16. The lowest BCUT2D eigenvalue weighted by Crippen LogP contribution is -2.35. The number of fused-ring (bicyclic) bond motifs is 1. The highest BCUT2D eigenvalue weighted by Crippen LogP contribution is 2.31. The van der Waals surface area contributed by atoms with E-state index in [4.69, 9.17) is 20.9 Å². The van der Waals surface area contributed by atoms with E-state index in [1.54, 1.807) is 6.07 Å². The van der Waals surface area contributed by atoms with Crippen LogP contribution in [0.2, 0.25) is 0 Å². The van der Waals surface area contributed by atoms with Gasteiger partial charge in [0.25, 0.3) is 5.91 Å². The van der Waals surface area contributed by atoms with Crippen molar-refractivity contribution >= 4 is 22.8 Å². The normalized spacial score (nSPS) is 10.7. The smallest absolute Gasteiger partial charge is 0.258 e. The van der Waals surface area contributed by atoms with Crippen LogP contribution >= 0.6 is 0 Å². The number of ether oxygens (including phenoxy) is 1. The van der Waals surface area contributed by atoms with Crippen LogP contribution in [0.4, 0.5) is 0 Å². The molecule has 0 aliphatic carbocycles. The summed E-state index contributed by atoms with van der Waals surface area (Å²) in [4.78, 5) is 17.4. The van der Waals surface area contributed by atoms with Crippen LogP contribution < -0.4 is 15.8 Å². The minimum atomic E-state index is -0.435. The first kappa shape index (κ1) is 20.3. The molecule has 0 aliphatic rings. The molecular weight excluding hydrogens is 364 g/mol. The Bertz CT molecular complexity index is 1020. The first-order valence-corrected chi connectivity index (χ1v) is 9.87. The SMILES string of the molecule is CCCCCCOc1ccccc1-c1cc(C(=O)NC(=N)N)c2ccccc2n1. The van der Waals surface area contributed by atoms with Crippen LogP contribution in [0.25, 0.3) is 22.2 Å². The summed E-state index contributed by atoms with van der Waals surface area (Å²) < 4.78 is 6.02. The molecule has 0 unspecified atom stereocenters. The van der Waals surface area contributed by atoms with Crippen LogP contribution in [0.5, 0.6) is 5.75 Å². The van der Waals surface area contributed by atoms with E-state index in [-0.39, 0.29) is 0 Å². The van der Waals surface area contributed by atoms with E-state index < -0.39 is 11.9 Å². The fraction of sp³-hybridized carbons (Fsp3) is 0.261. The highest BCUT2D eigenvalue weighted by molar-refractivity contribution is 6.12. The summed E-state index contributed by atoms with van der Waals surface area (Å²) in [6, 6.07) is 16.8. The number of nitrogens with two attached hydrogens (primary N) is 1. The number of nitrogens with one attached hydrogen (secondary N) is 2. The van der Waals surface area contributed by atoms with Crippen molar-refractivity contribution in [2.45, 2.75) is 32.6 Å². The summed E-state index contributed by atoms with van der Waals surface area (Å²) >= 11 is 0. The fourth-order valence-corrected chi connectivity index (χ4v) is 3.21. The Morgan fingerprint density at radius 1 is 1.10 bits per heavy atom. The maximum atomic E-state index is 12.6. The van der Waals surface area contributed by atoms with Gasteiger partial charge in [0.05, 0.1) is 23.4 Å². The van der Waals surface area contributed by atoms with Crippen LogP contribution in [0.3, 0.4) is 0 Å². The first-order chi connectivity index (χ1) is 14.1. The van der Waals surface area contributed by atoms with Gasteiger partial charge in [-0.15, -0.1) is 0 Å². The van der Waals surface area contributed by atoms with Crippen molar-refractivity contribution in [1.29, 1.82) is 5.41 Å². The van der Waals surface area contributed by atoms with Crippen molar-refractivity contribution < 1.29 is 9.53 Å². The molecule has 150 valence electrons. The van der Waals surface area contributed by atoms with Crippen molar-refractivity contribution in [3.05, 3.63) is 60.2 Å². The van der Waals surface area contributed by atoms with Gasteiger partial charge in [0, 0.05) is 10.9 Å². The molecule has 2 aromatic carbocycles. The average molecular weight is 390 g/mol. The molecule has 6 heteroatoms. The second-order valence-corrected chi connectivity index (χ2v) is 6.85. The standard InChI is InChI=1S/C23H26N4O2/c1-2-3-4-9-14-29-21-13-8-6-11-17(21)20-15-18(22(28)27-23(24)25)16-10-5-7-12-19(16)26-20/h5-8,10-13,15H,2-4,9,14H2,1H3,(H4,24,25,27,28). The molecule has 1 heterocycles. The predicted octanol–water partition coefficient (Wildman–Crippen LogP) is 4.48. The van der Waals surface area contributed by atoms with E-state index in [1.165, 1.54) is 12.8 Å². The molecule has 0 fully saturated rings. The highest BCUT2D eigenvalue weighted by atomic mass is 16.5. The van der Waals surface area contributed by atoms with Gasteiger partial charge >= 0.3 is 0 Å². The molecule has 3 rings (SSSR count). The van der Waals surface area contributed by atoms with E-state index in [1.807, 2.05) is 48.5 Å². The molecule has 3 aromatic rings. The van der Waals surface area contributed by atoms with Gasteiger partial charge in [-0.25, -0.2) is 4.98 Å². The molecule has 0 saturated heterocycles. The molecule has 4 N–H and O–H groups in total. The van der Waals surface area contributed by atoms with Crippen LogP contribution in [0.1, 0.15) is 43.0 Å². The number of rotatable bonds is 8. The molecular formula is C23H26N4O2. The number of benzene rings is 2. The first-order valence-electron chi connectivity index (χ1n) is 9.87. The number of amides is 1. The summed E-state index contributed by atoms with van der Waals surface area (Å²) in [6.45, 7) is 2.82. The van der Waals surface area contributed by atoms with E-state index >= 15 is 0 Å². The number of para-hydroxylation sites is 2. The zero-order valence-corrected chi connectivity index (χ0v) is 16.6. The Kier molecular flexibility index (Phi) is 6.79. The molecule has 29 heavy (non-hydrogen) atoms. The second kappa shape index (κ2) is 9.68. The molecule has 0 bridgehead atoms. The summed E-state index contributed by atoms with van der Waals surface area (Å²) in [5.74, 6) is -0.0896. The van der Waals surface area contributed by atoms with Crippen molar-refractivity contribution in [2.24, 2.45) is 5.73 Å². The third-order valence-corrected chi connectivity index (χ3v) is 4.63. The number of guanidine groups is 1. The fourth-order valence-electron chi connectivity index (χ4n) is 3.21. The molecule has 0 radical (unpaired) electrons. The number of carbonyl (C=O) groups excluding carboxylic acids is 1. The van der Waals surface area contributed by atoms with Crippen LogP contribution in [0.15, 0.2) is 54.6 Å². The van der Waals surface area contributed by atoms with Crippen LogP contribution in [-0.4, -0.2) is 23.5 Å². The largest absolute Gasteiger partial charge is 0.493 e. The molecule has 1 aromatic heterocycles. The summed E-state index contributed by atoms with van der Waals surface area (Å²) in [5.41, 5.74) is 7.92. The average Bonchev–Trinajstić information content (AvgIpc) is 2.72. The zero-order chi connectivity index (χ0) is 20.6. The van der Waals surface area contributed by atoms with Crippen molar-refractivity contribution in [2.75, 3.05) is 6.61 Å². The van der Waals surface area contributed by atoms with E-state index in [0.29, 0.717) is 28.8 Å². The number of aromatic nitrogens is 1. The number of pyridine rings is 1. The number of carbonyl (C=O) groups is 1. The third kappa shape index (κ3) is 5.10. The van der Waals surface area contributed by atoms with Gasteiger partial charge in [-0.3, -0.25) is 15.5 Å². The molecule has 0 spiro atoms. The minimum Gasteiger partial charge on any atom is -0.493 e. The lowest BCUT2D eigenvalue weighted by Gasteiger charge is -2.13. The van der Waals surface area contributed by atoms with Crippen molar-refractivity contribution in [1.82, 2.24) is 10.3 Å². The molecule has 1 amide bonds. The van der Waals surface area contributed by atoms with Gasteiger partial charge in [0.15, 0.2) is 5.96 Å². The Morgan fingerprint density at radius 3 is 2.66 bits per heavy atom. The predicted molar refractivity (Wildman–Crippen MR) is 116 cm³/mol. The number of nitrogens with zero attached hydrogens (tertiary/aromatic N) is 1. The number of hydrogen-bond acceptors (Lipinski definition) is 4. The Hall–Kier alpha value is -3.41. The van der Waals surface area contributed by atoms with Gasteiger partial charge in [-0.05, 0) is 30.7 Å². The molecule has 0 aliphatic heterocycles. The second-order valence-electron chi connectivity index (χ2n) is 6.85. The zero-order valence-electron chi connectivity index (χ0n) is 16.6. The van der Waals surface area contributed by atoms with Crippen molar-refractivity contribution in [3.63, 3.8) is 0 Å². The summed E-state index contributed by atoms with van der Waals surface area (Å²) in [7, 11) is 0. The summed E-state index contributed by atoms with van der Waals surface area (Å²) in [5, 5.41) is 10.4. The van der Waals surface area contributed by atoms with E-state index in [2.05, 4.69) is 12.2 Å². The molecule has 0 saturated carbocycles. The Labute approximate surface area is 170 Å². The molecule has 6 nitrogen and oxygen atoms in total. The minimum absolute atomic E-state index is 0.395. The Morgan fingerprint density at radius 2 is 1.86 bits per heavy atom. The topological polar surface area (TPSA) is 101 Å². The van der Waals surface area contributed by atoms with Gasteiger partial charge in [0.2, 0.25) is 0 Å². The quantitative estimate of drug-likeness (QED) is 0.300. The van der Waals surface area contributed by atoms with E-state index in [0.717, 1.165) is 24.2 Å². The number of unbranched alkanes of at least 4 members (excludes halogenated alkanes) is 3. The third-order valence-electron chi connectivity index (χ3n) is 4.63. The maximum Gasteiger partial charge on any atom is 0.258 e. The lowest BCUT2D eigenvalue weighted by molar-refractivity contribution is 0.0978. The van der Waals surface area contributed by atoms with E-state index in [9.17, 15) is 4.79 Å². The summed E-state index contributed by atoms with van der Waals surface area (Å²) in [6.07, 6.45) is 4.52. The lowest BCUT2D eigenvalue weighted by atomic mass is 10.0. The maximum absolute atomic E-state index is 12.6. The number of hydrogen-bond donors (Lipinski definition) is 3. The monoisotopic (exact) mass is 390 g/mol. The van der Waals surface area contributed by atoms with Crippen LogP contribution in [0, 0.1) is 5.41 Å². The molecule has 0 atom stereocenters. The van der Waals surface area contributed by atoms with Gasteiger partial charge in [-0.1, -0.05) is 56.5 Å². The van der Waals surface area contributed by atoms with Crippen molar-refractivity contribution in [3.8, 4) is 17.0 Å². The van der Waals surface area contributed by atoms with Gasteiger partial charge in [0.1, 0.15) is 5.75 Å². The van der Waals surface area contributed by atoms with Gasteiger partial charge in [-0.2, -0.15) is 0 Å².